The van der Waals surface area contributed by atoms with E-state index in [-0.39, 0.29) is 19.1 Å². The van der Waals surface area contributed by atoms with Gasteiger partial charge < -0.3 is 9.73 Å². The normalized spacial score (nSPS) is 17.8. The Balaban J connectivity index is 0.00000231. The van der Waals surface area contributed by atoms with E-state index in [9.17, 15) is 9.59 Å². The SMILES string of the molecule is C.Cc1ccc(C(=O)N2c3ccccc3NC3=C(C(=O)CCC3)C2c2ccco2)cc1. The summed E-state index contributed by atoms with van der Waals surface area (Å²) in [5.41, 5.74) is 4.69. The number of nitrogens with zero attached hydrogens (tertiary/aromatic N) is 1. The Bertz CT molecular complexity index is 1140. The molecule has 2 aliphatic rings. The van der Waals surface area contributed by atoms with Crippen molar-refractivity contribution in [3.8, 4) is 0 Å². The van der Waals surface area contributed by atoms with Crippen molar-refractivity contribution in [1.29, 1.82) is 0 Å². The smallest absolute Gasteiger partial charge is 0.259 e. The number of benzene rings is 2. The summed E-state index contributed by atoms with van der Waals surface area (Å²) in [6.45, 7) is 1.99. The first kappa shape index (κ1) is 20.7. The van der Waals surface area contributed by atoms with Gasteiger partial charge in [0.1, 0.15) is 11.8 Å². The Morgan fingerprint density at radius 2 is 1.81 bits per heavy atom. The molecule has 158 valence electrons. The topological polar surface area (TPSA) is 62.6 Å². The maximum Gasteiger partial charge on any atom is 0.259 e. The van der Waals surface area contributed by atoms with Crippen LogP contribution in [0.5, 0.6) is 0 Å². The fourth-order valence-corrected chi connectivity index (χ4v) is 4.31. The molecule has 1 aliphatic carbocycles. The Morgan fingerprint density at radius 3 is 2.55 bits per heavy atom. The Kier molecular flexibility index (Phi) is 5.51. The quantitative estimate of drug-likeness (QED) is 0.555. The van der Waals surface area contributed by atoms with E-state index in [1.807, 2.05) is 61.5 Å². The lowest BCUT2D eigenvalue weighted by Crippen LogP contribution is -2.37. The largest absolute Gasteiger partial charge is 0.467 e. The molecule has 0 fully saturated rings. The van der Waals surface area contributed by atoms with Crippen LogP contribution in [0.3, 0.4) is 0 Å². The lowest BCUT2D eigenvalue weighted by Gasteiger charge is -2.32. The number of fused-ring (bicyclic) bond motifs is 1. The van der Waals surface area contributed by atoms with Gasteiger partial charge in [0.15, 0.2) is 5.78 Å². The van der Waals surface area contributed by atoms with Crippen LogP contribution in [-0.4, -0.2) is 11.7 Å². The number of carbonyl (C=O) groups is 2. The van der Waals surface area contributed by atoms with Gasteiger partial charge in [0, 0.05) is 23.3 Å². The number of furan rings is 1. The van der Waals surface area contributed by atoms with E-state index < -0.39 is 6.04 Å². The maximum atomic E-state index is 13.8. The van der Waals surface area contributed by atoms with Crippen molar-refractivity contribution in [3.63, 3.8) is 0 Å². The maximum absolute atomic E-state index is 13.8. The second-order valence-corrected chi connectivity index (χ2v) is 7.77. The van der Waals surface area contributed by atoms with Crippen molar-refractivity contribution in [1.82, 2.24) is 0 Å². The first-order valence-corrected chi connectivity index (χ1v) is 10.2. The number of nitrogens with one attached hydrogen (secondary N) is 1. The number of hydrogen-bond acceptors (Lipinski definition) is 4. The Hall–Kier alpha value is -3.60. The molecule has 1 N–H and O–H groups in total. The molecule has 1 aliphatic heterocycles. The Labute approximate surface area is 182 Å². The van der Waals surface area contributed by atoms with E-state index in [1.54, 1.807) is 17.2 Å². The minimum Gasteiger partial charge on any atom is -0.467 e. The van der Waals surface area contributed by atoms with Gasteiger partial charge in [-0.3, -0.25) is 14.5 Å². The number of rotatable bonds is 2. The number of para-hydroxylation sites is 2. The van der Waals surface area contributed by atoms with E-state index in [0.29, 0.717) is 23.3 Å². The van der Waals surface area contributed by atoms with E-state index in [0.717, 1.165) is 35.5 Å². The van der Waals surface area contributed by atoms with Gasteiger partial charge in [-0.1, -0.05) is 37.3 Å². The van der Waals surface area contributed by atoms with Crippen LogP contribution >= 0.6 is 0 Å². The van der Waals surface area contributed by atoms with Gasteiger partial charge in [-0.25, -0.2) is 0 Å². The van der Waals surface area contributed by atoms with Crippen LogP contribution < -0.4 is 10.2 Å². The van der Waals surface area contributed by atoms with Gasteiger partial charge in [-0.05, 0) is 56.2 Å². The van der Waals surface area contributed by atoms with Gasteiger partial charge in [-0.15, -0.1) is 0 Å². The summed E-state index contributed by atoms with van der Waals surface area (Å²) in [6.07, 6.45) is 3.62. The van der Waals surface area contributed by atoms with E-state index in [4.69, 9.17) is 4.42 Å². The standard InChI is InChI=1S/C25H22N2O3.CH4/c1-16-11-13-17(14-12-16)25(29)27-20-8-3-2-6-18(20)26-19-7-4-9-21(28)23(19)24(27)22-10-5-15-30-22;/h2-3,5-6,8,10-15,24,26H,4,7,9H2,1H3;1H4. The number of carbonyl (C=O) groups excluding carboxylic acids is 2. The zero-order valence-corrected chi connectivity index (χ0v) is 16.7. The molecule has 3 aromatic rings. The number of aryl methyl sites for hydroxylation is 1. The lowest BCUT2D eigenvalue weighted by atomic mass is 9.88. The predicted octanol–water partition coefficient (Wildman–Crippen LogP) is 6.04. The van der Waals surface area contributed by atoms with Crippen molar-refractivity contribution in [3.05, 3.63) is 95.1 Å². The van der Waals surface area contributed by atoms with Crippen LogP contribution in [0.15, 0.2) is 82.6 Å². The summed E-state index contributed by atoms with van der Waals surface area (Å²) in [6, 6.07) is 18.2. The van der Waals surface area contributed by atoms with Gasteiger partial charge in [0.2, 0.25) is 0 Å². The molecule has 5 nitrogen and oxygen atoms in total. The van der Waals surface area contributed by atoms with Crippen LogP contribution in [0.1, 0.15) is 54.4 Å². The lowest BCUT2D eigenvalue weighted by molar-refractivity contribution is -0.116. The molecule has 1 aromatic heterocycles. The second kappa shape index (κ2) is 8.26. The highest BCUT2D eigenvalue weighted by atomic mass is 16.3. The Morgan fingerprint density at radius 1 is 1.03 bits per heavy atom. The third-order valence-electron chi connectivity index (χ3n) is 5.77. The minimum atomic E-state index is -0.618. The average molecular weight is 415 g/mol. The molecule has 0 radical (unpaired) electrons. The second-order valence-electron chi connectivity index (χ2n) is 7.77. The first-order valence-electron chi connectivity index (χ1n) is 10.2. The highest BCUT2D eigenvalue weighted by molar-refractivity contribution is 6.11. The summed E-state index contributed by atoms with van der Waals surface area (Å²) in [5.74, 6) is 0.467. The van der Waals surface area contributed by atoms with Crippen LogP contribution in [0.2, 0.25) is 0 Å². The number of Topliss-reactive ketones (excluding diaryl/α,β-unsaturated/α-hetero) is 1. The summed E-state index contributed by atoms with van der Waals surface area (Å²) in [5, 5.41) is 3.45. The predicted molar refractivity (Wildman–Crippen MR) is 122 cm³/mol. The third kappa shape index (κ3) is 3.56. The monoisotopic (exact) mass is 414 g/mol. The number of amides is 1. The zero-order chi connectivity index (χ0) is 20.7. The van der Waals surface area contributed by atoms with Gasteiger partial charge in [0.25, 0.3) is 5.91 Å². The van der Waals surface area contributed by atoms with Crippen molar-refractivity contribution >= 4 is 23.1 Å². The molecule has 0 saturated carbocycles. The molecule has 0 saturated heterocycles. The van der Waals surface area contributed by atoms with Crippen molar-refractivity contribution in [2.75, 3.05) is 10.2 Å². The van der Waals surface area contributed by atoms with Gasteiger partial charge in [0.05, 0.1) is 17.6 Å². The number of ketones is 1. The molecule has 31 heavy (non-hydrogen) atoms. The van der Waals surface area contributed by atoms with Crippen LogP contribution in [0.25, 0.3) is 0 Å². The molecule has 2 heterocycles. The minimum absolute atomic E-state index is 0. The number of allylic oxidation sites excluding steroid dienone is 1. The molecule has 0 spiro atoms. The van der Waals surface area contributed by atoms with Gasteiger partial charge in [-0.2, -0.15) is 0 Å². The van der Waals surface area contributed by atoms with Crippen LogP contribution in [0, 0.1) is 6.92 Å². The fourth-order valence-electron chi connectivity index (χ4n) is 4.31. The molecular formula is C26H26N2O3. The van der Waals surface area contributed by atoms with E-state index >= 15 is 0 Å². The van der Waals surface area contributed by atoms with Gasteiger partial charge >= 0.3 is 0 Å². The van der Waals surface area contributed by atoms with Crippen molar-refractivity contribution in [2.45, 2.75) is 39.7 Å². The summed E-state index contributed by atoms with van der Waals surface area (Å²) in [7, 11) is 0. The molecule has 1 unspecified atom stereocenters. The van der Waals surface area contributed by atoms with E-state index in [2.05, 4.69) is 5.32 Å². The molecule has 5 heteroatoms. The van der Waals surface area contributed by atoms with Crippen molar-refractivity contribution < 1.29 is 14.0 Å². The molecule has 1 amide bonds. The third-order valence-corrected chi connectivity index (χ3v) is 5.77. The van der Waals surface area contributed by atoms with E-state index in [1.165, 1.54) is 0 Å². The molecular weight excluding hydrogens is 388 g/mol. The molecule has 5 rings (SSSR count). The van der Waals surface area contributed by atoms with Crippen LogP contribution in [0.4, 0.5) is 11.4 Å². The summed E-state index contributed by atoms with van der Waals surface area (Å²) < 4.78 is 5.77. The zero-order valence-electron chi connectivity index (χ0n) is 16.7. The summed E-state index contributed by atoms with van der Waals surface area (Å²) in [4.78, 5) is 28.7. The number of hydrogen-bond donors (Lipinski definition) is 1. The molecule has 1 atom stereocenters. The van der Waals surface area contributed by atoms with Crippen LogP contribution in [-0.2, 0) is 4.79 Å². The fraction of sp³-hybridized carbons (Fsp3) is 0.231. The average Bonchev–Trinajstić information content (AvgIpc) is 3.23. The number of anilines is 2. The molecule has 2 aromatic carbocycles. The highest BCUT2D eigenvalue weighted by Gasteiger charge is 2.41. The summed E-state index contributed by atoms with van der Waals surface area (Å²) >= 11 is 0. The molecule has 0 bridgehead atoms. The van der Waals surface area contributed by atoms with Crippen molar-refractivity contribution in [2.24, 2.45) is 0 Å². The first-order chi connectivity index (χ1) is 14.6. The highest BCUT2D eigenvalue weighted by Crippen LogP contribution is 2.45.